The van der Waals surface area contributed by atoms with Gasteiger partial charge in [-0.15, -0.1) is 11.3 Å². The van der Waals surface area contributed by atoms with Gasteiger partial charge in [0.05, 0.1) is 11.1 Å². The van der Waals surface area contributed by atoms with Crippen molar-refractivity contribution in [2.24, 2.45) is 0 Å². The van der Waals surface area contributed by atoms with Crippen LogP contribution in [0.3, 0.4) is 0 Å². The maximum Gasteiger partial charge on any atom is 0.199 e. The molecule has 0 aliphatic rings. The quantitative estimate of drug-likeness (QED) is 0.696. The van der Waals surface area contributed by atoms with E-state index >= 15 is 0 Å². The minimum absolute atomic E-state index is 0.587. The number of rotatable bonds is 1. The molecule has 3 aromatic rings. The smallest absolute Gasteiger partial charge is 0.199 e. The number of aryl methyl sites for hydroxylation is 1. The van der Waals surface area contributed by atoms with Gasteiger partial charge in [-0.2, -0.15) is 0 Å². The van der Waals surface area contributed by atoms with Crippen molar-refractivity contribution in [3.8, 4) is 10.6 Å². The minimum atomic E-state index is 0.587. The van der Waals surface area contributed by atoms with Gasteiger partial charge in [-0.05, 0) is 30.0 Å². The van der Waals surface area contributed by atoms with E-state index in [1.54, 1.807) is 11.3 Å². The maximum absolute atomic E-state index is 5.78. The number of anilines is 1. The van der Waals surface area contributed by atoms with Gasteiger partial charge in [-0.3, -0.25) is 0 Å². The van der Waals surface area contributed by atoms with Gasteiger partial charge in [0.2, 0.25) is 0 Å². The third kappa shape index (κ3) is 1.31. The summed E-state index contributed by atoms with van der Waals surface area (Å²) in [4.78, 5) is 1.03. The fourth-order valence-electron chi connectivity index (χ4n) is 1.75. The van der Waals surface area contributed by atoms with Gasteiger partial charge < -0.3 is 10.3 Å². The molecule has 0 saturated carbocycles. The summed E-state index contributed by atoms with van der Waals surface area (Å²) < 4.78 is 6.40. The molecule has 80 valence electrons. The predicted octanol–water partition coefficient (Wildman–Crippen LogP) is 3.45. The summed E-state index contributed by atoms with van der Waals surface area (Å²) in [6.07, 6.45) is 1.53. The summed E-state index contributed by atoms with van der Waals surface area (Å²) >= 11 is 1.67. The molecule has 1 aromatic carbocycles. The SMILES string of the molecule is Cc1cccc2sc(-c3oncc3N)cc12. The molecular weight excluding hydrogens is 220 g/mol. The fourth-order valence-corrected chi connectivity index (χ4v) is 2.89. The average Bonchev–Trinajstić information content (AvgIpc) is 2.84. The van der Waals surface area contributed by atoms with E-state index in [0.29, 0.717) is 11.4 Å². The van der Waals surface area contributed by atoms with E-state index in [1.807, 2.05) is 0 Å². The number of nitrogens with zero attached hydrogens (tertiary/aromatic N) is 1. The molecule has 0 amide bonds. The summed E-state index contributed by atoms with van der Waals surface area (Å²) in [5, 5.41) is 4.95. The van der Waals surface area contributed by atoms with Gasteiger partial charge in [0.1, 0.15) is 5.69 Å². The lowest BCUT2D eigenvalue weighted by Gasteiger charge is -1.91. The number of benzene rings is 1. The van der Waals surface area contributed by atoms with Gasteiger partial charge in [0.25, 0.3) is 0 Å². The predicted molar refractivity (Wildman–Crippen MR) is 66.5 cm³/mol. The summed E-state index contributed by atoms with van der Waals surface area (Å²) in [7, 11) is 0. The molecule has 0 fully saturated rings. The minimum Gasteiger partial charge on any atom is -0.394 e. The van der Waals surface area contributed by atoms with Crippen molar-refractivity contribution >= 4 is 27.1 Å². The molecule has 0 bridgehead atoms. The first-order valence-electron chi connectivity index (χ1n) is 4.95. The summed E-state index contributed by atoms with van der Waals surface area (Å²) in [5.74, 6) is 0.667. The summed E-state index contributed by atoms with van der Waals surface area (Å²) in [6.45, 7) is 2.10. The van der Waals surface area contributed by atoms with Crippen LogP contribution in [-0.4, -0.2) is 5.16 Å². The number of hydrogen-bond acceptors (Lipinski definition) is 4. The van der Waals surface area contributed by atoms with Crippen LogP contribution >= 0.6 is 11.3 Å². The van der Waals surface area contributed by atoms with Crippen LogP contribution in [0.25, 0.3) is 20.7 Å². The molecule has 0 aliphatic heterocycles. The number of thiophene rings is 1. The summed E-state index contributed by atoms with van der Waals surface area (Å²) in [6, 6.07) is 8.36. The topological polar surface area (TPSA) is 52.0 Å². The van der Waals surface area contributed by atoms with Crippen LogP contribution in [-0.2, 0) is 0 Å². The highest BCUT2D eigenvalue weighted by molar-refractivity contribution is 7.22. The molecule has 4 heteroatoms. The molecule has 2 heterocycles. The maximum atomic E-state index is 5.78. The highest BCUT2D eigenvalue weighted by Crippen LogP contribution is 2.37. The molecule has 0 atom stereocenters. The van der Waals surface area contributed by atoms with Crippen molar-refractivity contribution in [2.45, 2.75) is 6.92 Å². The Morgan fingerprint density at radius 1 is 1.38 bits per heavy atom. The summed E-state index contributed by atoms with van der Waals surface area (Å²) in [5.41, 5.74) is 7.63. The standard InChI is InChI=1S/C12H10N2OS/c1-7-3-2-4-10-8(7)5-11(16-10)12-9(13)6-14-15-12/h2-6H,13H2,1H3. The van der Waals surface area contributed by atoms with E-state index in [2.05, 4.69) is 36.3 Å². The van der Waals surface area contributed by atoms with Crippen molar-refractivity contribution in [1.29, 1.82) is 0 Å². The molecular formula is C12H10N2OS. The Morgan fingerprint density at radius 3 is 2.94 bits per heavy atom. The second kappa shape index (κ2) is 3.35. The Balaban J connectivity index is 2.27. The van der Waals surface area contributed by atoms with Crippen LogP contribution in [0.15, 0.2) is 35.0 Å². The molecule has 0 radical (unpaired) electrons. The highest BCUT2D eigenvalue weighted by atomic mass is 32.1. The van der Waals surface area contributed by atoms with Crippen LogP contribution < -0.4 is 5.73 Å². The first-order valence-corrected chi connectivity index (χ1v) is 5.77. The lowest BCUT2D eigenvalue weighted by Crippen LogP contribution is -1.81. The van der Waals surface area contributed by atoms with Crippen LogP contribution in [0.5, 0.6) is 0 Å². The first-order chi connectivity index (χ1) is 7.75. The largest absolute Gasteiger partial charge is 0.394 e. The van der Waals surface area contributed by atoms with E-state index < -0.39 is 0 Å². The van der Waals surface area contributed by atoms with Crippen molar-refractivity contribution in [1.82, 2.24) is 5.16 Å². The third-order valence-electron chi connectivity index (χ3n) is 2.60. The molecule has 16 heavy (non-hydrogen) atoms. The number of fused-ring (bicyclic) bond motifs is 1. The fraction of sp³-hybridized carbons (Fsp3) is 0.0833. The molecule has 2 aromatic heterocycles. The van der Waals surface area contributed by atoms with Crippen molar-refractivity contribution < 1.29 is 4.52 Å². The van der Waals surface area contributed by atoms with E-state index in [-0.39, 0.29) is 0 Å². The van der Waals surface area contributed by atoms with Crippen LogP contribution in [0.1, 0.15) is 5.56 Å². The average molecular weight is 230 g/mol. The van der Waals surface area contributed by atoms with Gasteiger partial charge >= 0.3 is 0 Å². The van der Waals surface area contributed by atoms with Gasteiger partial charge in [0.15, 0.2) is 5.76 Å². The van der Waals surface area contributed by atoms with E-state index in [4.69, 9.17) is 10.3 Å². The molecule has 2 N–H and O–H groups in total. The van der Waals surface area contributed by atoms with Crippen molar-refractivity contribution in [2.75, 3.05) is 5.73 Å². The Labute approximate surface area is 96.5 Å². The molecule has 3 nitrogen and oxygen atoms in total. The molecule has 0 unspecified atom stereocenters. The monoisotopic (exact) mass is 230 g/mol. The van der Waals surface area contributed by atoms with Gasteiger partial charge in [-0.1, -0.05) is 17.3 Å². The van der Waals surface area contributed by atoms with Crippen LogP contribution in [0, 0.1) is 6.92 Å². The lowest BCUT2D eigenvalue weighted by molar-refractivity contribution is 0.433. The second-order valence-corrected chi connectivity index (χ2v) is 4.79. The Hall–Kier alpha value is -1.81. The van der Waals surface area contributed by atoms with E-state index in [1.165, 1.54) is 21.8 Å². The Bertz CT molecular complexity index is 654. The molecule has 3 rings (SSSR count). The second-order valence-electron chi connectivity index (χ2n) is 3.71. The first kappa shape index (κ1) is 9.42. The number of nitrogen functional groups attached to an aromatic ring is 1. The molecule has 0 aliphatic carbocycles. The zero-order valence-electron chi connectivity index (χ0n) is 8.73. The van der Waals surface area contributed by atoms with Crippen molar-refractivity contribution in [3.05, 3.63) is 36.0 Å². The zero-order chi connectivity index (χ0) is 11.1. The third-order valence-corrected chi connectivity index (χ3v) is 3.70. The van der Waals surface area contributed by atoms with Crippen LogP contribution in [0.2, 0.25) is 0 Å². The van der Waals surface area contributed by atoms with E-state index in [0.717, 1.165) is 4.88 Å². The molecule has 0 spiro atoms. The molecule has 0 saturated heterocycles. The number of nitrogens with two attached hydrogens (primary N) is 1. The highest BCUT2D eigenvalue weighted by Gasteiger charge is 2.12. The Kier molecular flexibility index (Phi) is 1.97. The van der Waals surface area contributed by atoms with E-state index in [9.17, 15) is 0 Å². The number of aromatic nitrogens is 1. The number of hydrogen-bond donors (Lipinski definition) is 1. The van der Waals surface area contributed by atoms with Gasteiger partial charge in [-0.25, -0.2) is 0 Å². The van der Waals surface area contributed by atoms with Gasteiger partial charge in [0, 0.05) is 4.70 Å². The van der Waals surface area contributed by atoms with Crippen LogP contribution in [0.4, 0.5) is 5.69 Å². The zero-order valence-corrected chi connectivity index (χ0v) is 9.54. The lowest BCUT2D eigenvalue weighted by atomic mass is 10.1. The normalized spacial score (nSPS) is 11.1. The van der Waals surface area contributed by atoms with Crippen molar-refractivity contribution in [3.63, 3.8) is 0 Å². The Morgan fingerprint density at radius 2 is 2.25 bits per heavy atom.